The maximum atomic E-state index is 5.46. The first-order valence-corrected chi connectivity index (χ1v) is 5.44. The largest absolute Gasteiger partial charge is 0.253 e. The van der Waals surface area contributed by atoms with Gasteiger partial charge in [0.25, 0.3) is 0 Å². The number of para-hydroxylation sites is 1. The molecule has 0 bridgehead atoms. The molecule has 2 aromatic rings. The quantitative estimate of drug-likeness (QED) is 0.760. The third-order valence-electron chi connectivity index (χ3n) is 2.31. The van der Waals surface area contributed by atoms with Gasteiger partial charge in [-0.3, -0.25) is 4.98 Å². The Morgan fingerprint density at radius 2 is 2.00 bits per heavy atom. The Labute approximate surface area is 94.4 Å². The molecular formula is C13H12ClN. The number of hydrogen-bond donors (Lipinski definition) is 0. The van der Waals surface area contributed by atoms with Gasteiger partial charge < -0.3 is 0 Å². The van der Waals surface area contributed by atoms with Crippen molar-refractivity contribution in [3.05, 3.63) is 53.7 Å². The summed E-state index contributed by atoms with van der Waals surface area (Å²) in [6.07, 6.45) is 3.82. The van der Waals surface area contributed by atoms with Crippen molar-refractivity contribution in [1.29, 1.82) is 0 Å². The molecule has 0 saturated heterocycles. The first kappa shape index (κ1) is 10.2. The zero-order valence-electron chi connectivity index (χ0n) is 8.36. The van der Waals surface area contributed by atoms with E-state index in [1.165, 1.54) is 5.39 Å². The summed E-state index contributed by atoms with van der Waals surface area (Å²) in [7, 11) is 0. The third kappa shape index (κ3) is 2.57. The van der Waals surface area contributed by atoms with Crippen molar-refractivity contribution in [2.45, 2.75) is 12.8 Å². The summed E-state index contributed by atoms with van der Waals surface area (Å²) in [5.41, 5.74) is 3.73. The molecule has 1 nitrogen and oxygen atoms in total. The van der Waals surface area contributed by atoms with E-state index in [1.54, 1.807) is 5.54 Å². The van der Waals surface area contributed by atoms with Crippen molar-refractivity contribution in [2.75, 3.05) is 0 Å². The second-order valence-electron chi connectivity index (χ2n) is 3.40. The molecule has 0 aliphatic rings. The summed E-state index contributed by atoms with van der Waals surface area (Å²) in [5.74, 6) is 0. The molecule has 0 saturated carbocycles. The minimum atomic E-state index is 0.939. The van der Waals surface area contributed by atoms with Gasteiger partial charge in [0.1, 0.15) is 0 Å². The molecule has 0 radical (unpaired) electrons. The standard InChI is InChI=1S/C13H12ClN/c14-10-4-3-6-12-9-8-11-5-1-2-7-13(11)15-12/h1-2,4-5,7-10H,3,6H2. The van der Waals surface area contributed by atoms with Crippen LogP contribution in [-0.4, -0.2) is 4.98 Å². The van der Waals surface area contributed by atoms with Gasteiger partial charge in [0.05, 0.1) is 5.52 Å². The SMILES string of the molecule is ClC=CCCc1ccc2ccccc2n1. The summed E-state index contributed by atoms with van der Waals surface area (Å²) in [4.78, 5) is 4.57. The summed E-state index contributed by atoms with van der Waals surface area (Å²) in [6.45, 7) is 0. The second kappa shape index (κ2) is 4.94. The molecule has 0 aliphatic heterocycles. The normalized spacial score (nSPS) is 11.3. The van der Waals surface area contributed by atoms with Gasteiger partial charge in [-0.1, -0.05) is 41.9 Å². The van der Waals surface area contributed by atoms with E-state index in [9.17, 15) is 0 Å². The fourth-order valence-electron chi connectivity index (χ4n) is 1.54. The van der Waals surface area contributed by atoms with Gasteiger partial charge in [-0.2, -0.15) is 0 Å². The summed E-state index contributed by atoms with van der Waals surface area (Å²) < 4.78 is 0. The Hall–Kier alpha value is -1.34. The molecular weight excluding hydrogens is 206 g/mol. The number of fused-ring (bicyclic) bond motifs is 1. The van der Waals surface area contributed by atoms with E-state index in [4.69, 9.17) is 11.6 Å². The number of rotatable bonds is 3. The first-order chi connectivity index (χ1) is 7.40. The molecule has 2 rings (SSSR count). The molecule has 0 spiro atoms. The van der Waals surface area contributed by atoms with Crippen LogP contribution < -0.4 is 0 Å². The Kier molecular flexibility index (Phi) is 3.36. The number of halogens is 1. The Balaban J connectivity index is 2.23. The van der Waals surface area contributed by atoms with Crippen LogP contribution in [0.15, 0.2) is 48.0 Å². The lowest BCUT2D eigenvalue weighted by Gasteiger charge is -2.00. The number of allylic oxidation sites excluding steroid dienone is 1. The smallest absolute Gasteiger partial charge is 0.0705 e. The van der Waals surface area contributed by atoms with Crippen LogP contribution in [0.5, 0.6) is 0 Å². The van der Waals surface area contributed by atoms with Crippen molar-refractivity contribution in [2.24, 2.45) is 0 Å². The monoisotopic (exact) mass is 217 g/mol. The molecule has 0 unspecified atom stereocenters. The highest BCUT2D eigenvalue weighted by Gasteiger charge is 1.96. The van der Waals surface area contributed by atoms with Crippen LogP contribution in [0.2, 0.25) is 0 Å². The van der Waals surface area contributed by atoms with Crippen molar-refractivity contribution >= 4 is 22.5 Å². The highest BCUT2D eigenvalue weighted by atomic mass is 35.5. The molecule has 1 aromatic heterocycles. The van der Waals surface area contributed by atoms with Crippen molar-refractivity contribution < 1.29 is 0 Å². The van der Waals surface area contributed by atoms with Crippen molar-refractivity contribution in [3.8, 4) is 0 Å². The van der Waals surface area contributed by atoms with Crippen LogP contribution in [-0.2, 0) is 6.42 Å². The fraction of sp³-hybridized carbons (Fsp3) is 0.154. The number of aryl methyl sites for hydroxylation is 1. The Morgan fingerprint density at radius 1 is 1.13 bits per heavy atom. The second-order valence-corrected chi connectivity index (χ2v) is 3.65. The molecule has 0 amide bonds. The van der Waals surface area contributed by atoms with E-state index >= 15 is 0 Å². The molecule has 0 atom stereocenters. The first-order valence-electron chi connectivity index (χ1n) is 5.00. The van der Waals surface area contributed by atoms with Gasteiger partial charge in [0, 0.05) is 16.6 Å². The van der Waals surface area contributed by atoms with Gasteiger partial charge in [-0.25, -0.2) is 0 Å². The lowest BCUT2D eigenvalue weighted by atomic mass is 10.1. The molecule has 15 heavy (non-hydrogen) atoms. The summed E-state index contributed by atoms with van der Waals surface area (Å²) in [6, 6.07) is 12.3. The minimum absolute atomic E-state index is 0.939. The fourth-order valence-corrected chi connectivity index (χ4v) is 1.67. The van der Waals surface area contributed by atoms with Gasteiger partial charge >= 0.3 is 0 Å². The molecule has 2 heteroatoms. The minimum Gasteiger partial charge on any atom is -0.253 e. The molecule has 0 N–H and O–H groups in total. The van der Waals surface area contributed by atoms with Crippen LogP contribution in [0.1, 0.15) is 12.1 Å². The molecule has 1 heterocycles. The van der Waals surface area contributed by atoms with E-state index in [1.807, 2.05) is 24.3 Å². The predicted molar refractivity (Wildman–Crippen MR) is 65.1 cm³/mol. The summed E-state index contributed by atoms with van der Waals surface area (Å²) in [5, 5.41) is 1.19. The van der Waals surface area contributed by atoms with Crippen molar-refractivity contribution in [1.82, 2.24) is 4.98 Å². The van der Waals surface area contributed by atoms with Crippen LogP contribution >= 0.6 is 11.6 Å². The number of nitrogens with zero attached hydrogens (tertiary/aromatic N) is 1. The van der Waals surface area contributed by atoms with Gasteiger partial charge in [-0.15, -0.1) is 0 Å². The van der Waals surface area contributed by atoms with E-state index in [-0.39, 0.29) is 0 Å². The maximum Gasteiger partial charge on any atom is 0.0705 e. The Bertz CT molecular complexity index is 477. The van der Waals surface area contributed by atoms with Gasteiger partial charge in [0.15, 0.2) is 0 Å². The van der Waals surface area contributed by atoms with Crippen LogP contribution in [0, 0.1) is 0 Å². The lowest BCUT2D eigenvalue weighted by Crippen LogP contribution is -1.89. The molecule has 1 aromatic carbocycles. The van der Waals surface area contributed by atoms with Crippen molar-refractivity contribution in [3.63, 3.8) is 0 Å². The number of benzene rings is 1. The lowest BCUT2D eigenvalue weighted by molar-refractivity contribution is 0.956. The third-order valence-corrected chi connectivity index (χ3v) is 2.49. The van der Waals surface area contributed by atoms with Crippen LogP contribution in [0.4, 0.5) is 0 Å². The zero-order valence-corrected chi connectivity index (χ0v) is 9.11. The van der Waals surface area contributed by atoms with Crippen LogP contribution in [0.25, 0.3) is 10.9 Å². The topological polar surface area (TPSA) is 12.9 Å². The number of pyridine rings is 1. The molecule has 76 valence electrons. The van der Waals surface area contributed by atoms with Gasteiger partial charge in [0.2, 0.25) is 0 Å². The number of aromatic nitrogens is 1. The highest BCUT2D eigenvalue weighted by Crippen LogP contribution is 2.12. The van der Waals surface area contributed by atoms with E-state index in [0.29, 0.717) is 0 Å². The summed E-state index contributed by atoms with van der Waals surface area (Å²) >= 11 is 5.46. The average Bonchev–Trinajstić information content (AvgIpc) is 2.29. The highest BCUT2D eigenvalue weighted by molar-refractivity contribution is 6.25. The van der Waals surface area contributed by atoms with Crippen LogP contribution in [0.3, 0.4) is 0 Å². The van der Waals surface area contributed by atoms with E-state index < -0.39 is 0 Å². The molecule has 0 aliphatic carbocycles. The van der Waals surface area contributed by atoms with E-state index in [2.05, 4.69) is 23.2 Å². The van der Waals surface area contributed by atoms with Gasteiger partial charge in [-0.05, 0) is 25.0 Å². The maximum absolute atomic E-state index is 5.46. The average molecular weight is 218 g/mol. The zero-order chi connectivity index (χ0) is 10.5. The number of hydrogen-bond acceptors (Lipinski definition) is 1. The Morgan fingerprint density at radius 3 is 2.87 bits per heavy atom. The predicted octanol–water partition coefficient (Wildman–Crippen LogP) is 3.92. The molecule has 0 fully saturated rings. The van der Waals surface area contributed by atoms with E-state index in [0.717, 1.165) is 24.1 Å².